The summed E-state index contributed by atoms with van der Waals surface area (Å²) in [7, 11) is 0. The summed E-state index contributed by atoms with van der Waals surface area (Å²) in [4.78, 5) is 0. The van der Waals surface area contributed by atoms with Crippen molar-refractivity contribution in [2.45, 2.75) is 0 Å². The molecule has 0 aliphatic heterocycles. The van der Waals surface area contributed by atoms with E-state index < -0.39 is 34.0 Å². The van der Waals surface area contributed by atoms with Gasteiger partial charge in [0.25, 0.3) is 0 Å². The Morgan fingerprint density at radius 3 is 0.545 bits per heavy atom. The molecule has 11 heteroatoms. The topological polar surface area (TPSA) is 138 Å². The minimum Gasteiger partial charge on any atom is -0.544 e. The summed E-state index contributed by atoms with van der Waals surface area (Å²) in [5.41, 5.74) is 0. The van der Waals surface area contributed by atoms with Gasteiger partial charge in [-0.3, -0.25) is 0 Å². The zero-order chi connectivity index (χ0) is 8.12. The van der Waals surface area contributed by atoms with Crippen LogP contribution in [0.3, 0.4) is 0 Å². The van der Waals surface area contributed by atoms with Crippen LogP contribution in [-0.2, 0) is 0 Å². The van der Waals surface area contributed by atoms with Crippen molar-refractivity contribution in [3.05, 3.63) is 0 Å². The van der Waals surface area contributed by atoms with Crippen LogP contribution in [-0.4, -0.2) is 37.7 Å². The quantitative estimate of drug-likeness (QED) is 0.404. The molecule has 0 rings (SSSR count). The summed E-state index contributed by atoms with van der Waals surface area (Å²) < 4.78 is 49.4. The molecule has 11 heavy (non-hydrogen) atoms. The average Bonchev–Trinajstić information content (AvgIpc) is 1.70. The summed E-state index contributed by atoms with van der Waals surface area (Å²) >= 11 is -1.25. The zero-order valence-corrected chi connectivity index (χ0v) is 10.1. The molecule has 0 aliphatic rings. The molecule has 0 aromatic rings. The van der Waals surface area contributed by atoms with Gasteiger partial charge in [0, 0.05) is 0 Å². The van der Waals surface area contributed by atoms with E-state index in [2.05, 4.69) is 0 Å². The maximum atomic E-state index is 8.24. The van der Waals surface area contributed by atoms with Crippen LogP contribution in [0, 0.1) is 46.4 Å². The smallest absolute Gasteiger partial charge is 0.544 e. The van der Waals surface area contributed by atoms with E-state index in [9.17, 15) is 0 Å². The molecule has 0 fully saturated rings. The van der Waals surface area contributed by atoms with Crippen molar-refractivity contribution in [3.8, 4) is 0 Å². The van der Waals surface area contributed by atoms with Gasteiger partial charge < -0.3 is 28.0 Å². The predicted octanol–water partition coefficient (Wildman–Crippen LogP) is -8.05. The van der Waals surface area contributed by atoms with Gasteiger partial charge in [0.2, 0.25) is 0 Å². The van der Waals surface area contributed by atoms with E-state index in [1.165, 1.54) is 0 Å². The first-order chi connectivity index (χ1) is 4.24. The molecule has 68 valence electrons. The van der Waals surface area contributed by atoms with Gasteiger partial charge in [-0.05, 0) is 0 Å². The third kappa shape index (κ3) is 266. The van der Waals surface area contributed by atoms with Gasteiger partial charge in [-0.2, -0.15) is 0 Å². The maximum Gasteiger partial charge on any atom is 2.00 e. The molecule has 0 saturated heterocycles. The van der Waals surface area contributed by atoms with Crippen molar-refractivity contribution in [2.75, 3.05) is 0 Å². The Morgan fingerprint density at radius 1 is 0.545 bits per heavy atom. The number of rotatable bonds is 0. The van der Waals surface area contributed by atoms with E-state index in [-0.39, 0.29) is 50.1 Å². The third-order valence-electron chi connectivity index (χ3n) is 0. The second-order valence-electron chi connectivity index (χ2n) is 0.189. The van der Waals surface area contributed by atoms with Crippen molar-refractivity contribution in [3.63, 3.8) is 0 Å². The Kier molecular flexibility index (Phi) is 151. The van der Waals surface area contributed by atoms with Crippen LogP contribution in [0.2, 0.25) is 0 Å². The van der Waals surface area contributed by atoms with E-state index in [4.69, 9.17) is 28.0 Å². The molecule has 0 amide bonds. The fourth-order valence-electron chi connectivity index (χ4n) is 0. The van der Waals surface area contributed by atoms with Crippen LogP contribution >= 0.6 is 0 Å². The van der Waals surface area contributed by atoms with Crippen LogP contribution in [0.15, 0.2) is 0 Å². The largest absolute Gasteiger partial charge is 2.00 e. The molecule has 0 heterocycles. The zero-order valence-electron chi connectivity index (χ0n) is 4.74. The summed E-state index contributed by atoms with van der Waals surface area (Å²) in [6.45, 7) is 0. The van der Waals surface area contributed by atoms with Gasteiger partial charge >= 0.3 is 37.7 Å². The first-order valence-corrected chi connectivity index (χ1v) is 2.78. The fraction of sp³-hybridized carbons (Fsp3) is 0. The van der Waals surface area contributed by atoms with Crippen LogP contribution in [0.4, 0.5) is 0 Å². The summed E-state index contributed by atoms with van der Waals surface area (Å²) in [5, 5.41) is 0. The fourth-order valence-corrected chi connectivity index (χ4v) is 0. The van der Waals surface area contributed by atoms with Crippen LogP contribution in [0.25, 0.3) is 0 Å². The van der Waals surface area contributed by atoms with Gasteiger partial charge in [0.1, 0.15) is 0 Å². The van der Waals surface area contributed by atoms with E-state index in [1.54, 1.807) is 0 Å². The third-order valence-corrected chi connectivity index (χ3v) is 0. The molecule has 0 bridgehead atoms. The molecule has 0 aliphatic carbocycles. The summed E-state index contributed by atoms with van der Waals surface area (Å²) in [5.74, 6) is 0. The van der Waals surface area contributed by atoms with Crippen molar-refractivity contribution in [1.82, 2.24) is 0 Å². The van der Waals surface area contributed by atoms with E-state index >= 15 is 0 Å². The molecule has 0 radical (unpaired) electrons. The normalized spacial score (nSPS) is 4.91. The average molecular weight is 280 g/mol. The van der Waals surface area contributed by atoms with Gasteiger partial charge in [0.05, 0.1) is 46.4 Å². The van der Waals surface area contributed by atoms with E-state index in [0.717, 1.165) is 0 Å². The second kappa shape index (κ2) is 56.7. The van der Waals surface area contributed by atoms with Crippen molar-refractivity contribution in [2.24, 2.45) is 0 Å². The van der Waals surface area contributed by atoms with Crippen molar-refractivity contribution >= 4 is 37.7 Å². The van der Waals surface area contributed by atoms with Crippen LogP contribution in [0.1, 0.15) is 0 Å². The number of halogens is 4. The molecule has 0 aromatic heterocycles. The van der Waals surface area contributed by atoms with E-state index in [0.29, 0.717) is 0 Å². The molecule has 0 saturated carbocycles. The molecular formula is H2CaCl4O6. The van der Waals surface area contributed by atoms with E-state index in [1.807, 2.05) is 0 Å². The predicted molar refractivity (Wildman–Crippen MR) is 8.54 cm³/mol. The second-order valence-corrected chi connectivity index (χ2v) is 0.567. The standard InChI is InChI=1S/Ca.3ClO2.ClH2/c;3*2-1-3;/h;;;;1H2/q+2;3*-1;+1. The number of hydrogen-bond donors (Lipinski definition) is 0. The molecule has 0 aromatic carbocycles. The Morgan fingerprint density at radius 2 is 0.545 bits per heavy atom. The van der Waals surface area contributed by atoms with Gasteiger partial charge in [0.15, 0.2) is 0 Å². The molecule has 0 unspecified atom stereocenters. The molecule has 0 N–H and O–H groups in total. The summed E-state index contributed by atoms with van der Waals surface area (Å²) in [6, 6.07) is 0. The molecular weight excluding hydrogens is 278 g/mol. The first-order valence-electron chi connectivity index (χ1n) is 0.926. The van der Waals surface area contributed by atoms with Gasteiger partial charge in [-0.1, -0.05) is 0 Å². The minimum absolute atomic E-state index is 0. The van der Waals surface area contributed by atoms with Crippen molar-refractivity contribution in [1.29, 1.82) is 0 Å². The number of hydrogen-bond acceptors (Lipinski definition) is 6. The first kappa shape index (κ1) is 29.2. The minimum atomic E-state index is -0.417. The van der Waals surface area contributed by atoms with Crippen molar-refractivity contribution < 1.29 is 74.3 Å². The molecule has 6 nitrogen and oxygen atoms in total. The monoisotopic (exact) mass is 278 g/mol. The van der Waals surface area contributed by atoms with Gasteiger partial charge in [-0.25, -0.2) is 0 Å². The molecule has 0 spiro atoms. The van der Waals surface area contributed by atoms with Crippen LogP contribution < -0.4 is 28.0 Å². The summed E-state index contributed by atoms with van der Waals surface area (Å²) in [6.07, 6.45) is 0. The van der Waals surface area contributed by atoms with Gasteiger partial charge in [-0.15, -0.1) is 0 Å². The Hall–Kier alpha value is 2.18. The maximum absolute atomic E-state index is 8.24. The Bertz CT molecular complexity index is 19.3. The Balaban J connectivity index is -0.0000000150. The molecule has 0 atom stereocenters. The van der Waals surface area contributed by atoms with Crippen LogP contribution in [0.5, 0.6) is 0 Å². The Labute approximate surface area is 111 Å². The SMILES string of the molecule is [Ca+2].[ClH2+].[O-][Cl+][O-].[O-][Cl+][O-].[O-][Cl+][O-].